The molecule has 1 amide bonds. The number of imidazole rings is 1. The number of likely N-dealkylation sites (tertiary alicyclic amines) is 1. The van der Waals surface area contributed by atoms with Gasteiger partial charge in [-0.2, -0.15) is 0 Å². The van der Waals surface area contributed by atoms with Gasteiger partial charge in [-0.1, -0.05) is 12.1 Å². The van der Waals surface area contributed by atoms with E-state index in [9.17, 15) is 9.59 Å². The normalized spacial score (nSPS) is 17.1. The largest absolute Gasteiger partial charge is 0.337 e. The monoisotopic (exact) mass is 377 g/mol. The Bertz CT molecular complexity index is 1140. The summed E-state index contributed by atoms with van der Waals surface area (Å²) in [6, 6.07) is 8.47. The van der Waals surface area contributed by atoms with Crippen molar-refractivity contribution in [1.82, 2.24) is 24.0 Å². The highest BCUT2D eigenvalue weighted by molar-refractivity contribution is 5.78. The SMILES string of the molecule is Cc1ncn(CC(=O)N2CC(n3c(C4CC4)nc4ccccc43)C2)c(=O)c1C. The fourth-order valence-electron chi connectivity index (χ4n) is 3.93. The molecule has 2 aromatic heterocycles. The quantitative estimate of drug-likeness (QED) is 0.699. The van der Waals surface area contributed by atoms with Gasteiger partial charge in [-0.3, -0.25) is 14.2 Å². The average Bonchev–Trinajstić information content (AvgIpc) is 3.43. The van der Waals surface area contributed by atoms with Crippen LogP contribution in [0.4, 0.5) is 0 Å². The number of aromatic nitrogens is 4. The lowest BCUT2D eigenvalue weighted by Crippen LogP contribution is -2.52. The Hall–Kier alpha value is -2.96. The molecule has 0 atom stereocenters. The number of para-hydroxylation sites is 2. The van der Waals surface area contributed by atoms with E-state index in [1.165, 1.54) is 23.7 Å². The van der Waals surface area contributed by atoms with Crippen molar-refractivity contribution in [2.75, 3.05) is 13.1 Å². The van der Waals surface area contributed by atoms with Crippen LogP contribution in [0.5, 0.6) is 0 Å². The van der Waals surface area contributed by atoms with Gasteiger partial charge in [0.2, 0.25) is 5.91 Å². The topological polar surface area (TPSA) is 73.0 Å². The van der Waals surface area contributed by atoms with Gasteiger partial charge in [0, 0.05) is 30.3 Å². The van der Waals surface area contributed by atoms with Crippen molar-refractivity contribution in [1.29, 1.82) is 0 Å². The van der Waals surface area contributed by atoms with Crippen LogP contribution in [0.1, 0.15) is 41.9 Å². The fraction of sp³-hybridized carbons (Fsp3) is 0.429. The van der Waals surface area contributed by atoms with Gasteiger partial charge in [-0.05, 0) is 38.8 Å². The minimum Gasteiger partial charge on any atom is -0.337 e. The van der Waals surface area contributed by atoms with E-state index in [1.807, 2.05) is 17.0 Å². The van der Waals surface area contributed by atoms with Crippen molar-refractivity contribution >= 4 is 16.9 Å². The number of hydrogen-bond donors (Lipinski definition) is 0. The Morgan fingerprint density at radius 1 is 1.18 bits per heavy atom. The Morgan fingerprint density at radius 2 is 1.93 bits per heavy atom. The van der Waals surface area contributed by atoms with Gasteiger partial charge in [-0.25, -0.2) is 9.97 Å². The molecule has 0 spiro atoms. The molecule has 1 aromatic carbocycles. The number of hydrogen-bond acceptors (Lipinski definition) is 4. The Labute approximate surface area is 162 Å². The zero-order chi connectivity index (χ0) is 19.4. The third-order valence-corrected chi connectivity index (χ3v) is 5.97. The minimum absolute atomic E-state index is 0.0409. The van der Waals surface area contributed by atoms with Crippen LogP contribution in [-0.2, 0) is 11.3 Å². The van der Waals surface area contributed by atoms with Crippen LogP contribution < -0.4 is 5.56 Å². The lowest BCUT2D eigenvalue weighted by molar-refractivity contribution is -0.137. The summed E-state index contributed by atoms with van der Waals surface area (Å²) >= 11 is 0. The van der Waals surface area contributed by atoms with Gasteiger partial charge in [0.15, 0.2) is 0 Å². The number of aryl methyl sites for hydroxylation is 1. The van der Waals surface area contributed by atoms with Crippen molar-refractivity contribution in [3.63, 3.8) is 0 Å². The molecule has 0 N–H and O–H groups in total. The second kappa shape index (κ2) is 6.29. The van der Waals surface area contributed by atoms with E-state index in [1.54, 1.807) is 13.8 Å². The van der Waals surface area contributed by atoms with Gasteiger partial charge >= 0.3 is 0 Å². The number of fused-ring (bicyclic) bond motifs is 1. The third kappa shape index (κ3) is 2.73. The molecule has 0 unspecified atom stereocenters. The van der Waals surface area contributed by atoms with Crippen LogP contribution in [0, 0.1) is 13.8 Å². The molecule has 2 aliphatic rings. The van der Waals surface area contributed by atoms with Crippen LogP contribution in [-0.4, -0.2) is 43.0 Å². The second-order valence-corrected chi connectivity index (χ2v) is 7.94. The molecule has 5 rings (SSSR count). The van der Waals surface area contributed by atoms with E-state index in [2.05, 4.69) is 21.7 Å². The smallest absolute Gasteiger partial charge is 0.256 e. The predicted molar refractivity (Wildman–Crippen MR) is 105 cm³/mol. The van der Waals surface area contributed by atoms with Gasteiger partial charge in [-0.15, -0.1) is 0 Å². The fourth-order valence-corrected chi connectivity index (χ4v) is 3.93. The van der Waals surface area contributed by atoms with E-state index in [4.69, 9.17) is 4.98 Å². The summed E-state index contributed by atoms with van der Waals surface area (Å²) in [5, 5.41) is 0. The van der Waals surface area contributed by atoms with E-state index in [-0.39, 0.29) is 24.1 Å². The molecule has 2 fully saturated rings. The first-order chi connectivity index (χ1) is 13.5. The second-order valence-electron chi connectivity index (χ2n) is 7.94. The summed E-state index contributed by atoms with van der Waals surface area (Å²) in [6.45, 7) is 4.91. The number of rotatable bonds is 4. The van der Waals surface area contributed by atoms with Gasteiger partial charge in [0.05, 0.1) is 23.4 Å². The maximum atomic E-state index is 12.7. The molecular formula is C21H23N5O2. The van der Waals surface area contributed by atoms with Crippen LogP contribution in [0.25, 0.3) is 11.0 Å². The molecular weight excluding hydrogens is 354 g/mol. The van der Waals surface area contributed by atoms with E-state index in [0.717, 1.165) is 16.9 Å². The third-order valence-electron chi connectivity index (χ3n) is 5.97. The standard InChI is InChI=1S/C21H23N5O2/c1-13-14(2)22-12-25(21(13)28)11-19(27)24-9-16(10-24)26-18-6-4-3-5-17(18)23-20(26)15-7-8-15/h3-6,12,15-16H,7-11H2,1-2H3. The lowest BCUT2D eigenvalue weighted by Gasteiger charge is -2.41. The van der Waals surface area contributed by atoms with Crippen LogP contribution >= 0.6 is 0 Å². The molecule has 0 bridgehead atoms. The molecule has 28 heavy (non-hydrogen) atoms. The number of nitrogens with zero attached hydrogens (tertiary/aromatic N) is 5. The summed E-state index contributed by atoms with van der Waals surface area (Å²) < 4.78 is 3.74. The first-order valence-electron chi connectivity index (χ1n) is 9.80. The molecule has 144 valence electrons. The van der Waals surface area contributed by atoms with Gasteiger partial charge in [0.1, 0.15) is 12.4 Å². The van der Waals surface area contributed by atoms with Gasteiger partial charge in [0.25, 0.3) is 5.56 Å². The highest BCUT2D eigenvalue weighted by Crippen LogP contribution is 2.42. The lowest BCUT2D eigenvalue weighted by atomic mass is 10.1. The van der Waals surface area contributed by atoms with Crippen LogP contribution in [0.15, 0.2) is 35.4 Å². The first kappa shape index (κ1) is 17.2. The molecule has 7 heteroatoms. The maximum absolute atomic E-state index is 12.7. The predicted octanol–water partition coefficient (Wildman–Crippen LogP) is 2.17. The van der Waals surface area contributed by atoms with Crippen LogP contribution in [0.3, 0.4) is 0 Å². The number of amides is 1. The van der Waals surface area contributed by atoms with Gasteiger partial charge < -0.3 is 9.47 Å². The highest BCUT2D eigenvalue weighted by atomic mass is 16.2. The summed E-state index contributed by atoms with van der Waals surface area (Å²) in [6.07, 6.45) is 3.86. The minimum atomic E-state index is -0.144. The Balaban J connectivity index is 1.34. The van der Waals surface area contributed by atoms with Crippen molar-refractivity contribution in [2.24, 2.45) is 0 Å². The van der Waals surface area contributed by atoms with Crippen molar-refractivity contribution < 1.29 is 4.79 Å². The zero-order valence-electron chi connectivity index (χ0n) is 16.1. The van der Waals surface area contributed by atoms with E-state index < -0.39 is 0 Å². The van der Waals surface area contributed by atoms with Crippen molar-refractivity contribution in [3.05, 3.63) is 58.0 Å². The zero-order valence-corrected chi connectivity index (χ0v) is 16.1. The number of carbonyl (C=O) groups excluding carboxylic acids is 1. The number of benzene rings is 1. The molecule has 1 aliphatic heterocycles. The summed E-state index contributed by atoms with van der Waals surface area (Å²) in [4.78, 5) is 35.9. The molecule has 3 heterocycles. The number of carbonyl (C=O) groups is 1. The molecule has 1 aliphatic carbocycles. The molecule has 0 radical (unpaired) electrons. The summed E-state index contributed by atoms with van der Waals surface area (Å²) in [5.41, 5.74) is 3.33. The van der Waals surface area contributed by atoms with E-state index in [0.29, 0.717) is 30.3 Å². The highest BCUT2D eigenvalue weighted by Gasteiger charge is 2.37. The average molecular weight is 377 g/mol. The van der Waals surface area contributed by atoms with E-state index >= 15 is 0 Å². The summed E-state index contributed by atoms with van der Waals surface area (Å²) in [5.74, 6) is 1.67. The Kier molecular flexibility index (Phi) is 3.86. The van der Waals surface area contributed by atoms with Crippen molar-refractivity contribution in [3.8, 4) is 0 Å². The van der Waals surface area contributed by atoms with Crippen molar-refractivity contribution in [2.45, 2.75) is 45.2 Å². The summed E-state index contributed by atoms with van der Waals surface area (Å²) in [7, 11) is 0. The Morgan fingerprint density at radius 3 is 2.68 bits per heavy atom. The molecule has 3 aromatic rings. The molecule has 7 nitrogen and oxygen atoms in total. The molecule has 1 saturated carbocycles. The first-order valence-corrected chi connectivity index (χ1v) is 9.80. The maximum Gasteiger partial charge on any atom is 0.256 e. The molecule has 1 saturated heterocycles. The van der Waals surface area contributed by atoms with Crippen LogP contribution in [0.2, 0.25) is 0 Å².